The fourth-order valence-electron chi connectivity index (χ4n) is 3.52. The molecule has 0 bridgehead atoms. The van der Waals surface area contributed by atoms with Crippen LogP contribution in [0.25, 0.3) is 0 Å². The minimum atomic E-state index is -1.08. The van der Waals surface area contributed by atoms with E-state index in [0.29, 0.717) is 0 Å². The van der Waals surface area contributed by atoms with Crippen LogP contribution in [-0.4, -0.2) is 47.1 Å². The summed E-state index contributed by atoms with van der Waals surface area (Å²) in [6.07, 6.45) is 0.0819. The van der Waals surface area contributed by atoms with Crippen molar-refractivity contribution in [1.29, 1.82) is 0 Å². The maximum absolute atomic E-state index is 13.0. The van der Waals surface area contributed by atoms with Gasteiger partial charge in [0.05, 0.1) is 11.1 Å². The van der Waals surface area contributed by atoms with E-state index in [4.69, 9.17) is 9.47 Å². The van der Waals surface area contributed by atoms with Crippen molar-refractivity contribution in [1.82, 2.24) is 10.2 Å². The Morgan fingerprint density at radius 2 is 1.77 bits per heavy atom. The summed E-state index contributed by atoms with van der Waals surface area (Å²) in [5.74, 6) is -3.09. The van der Waals surface area contributed by atoms with Gasteiger partial charge in [-0.05, 0) is 24.1 Å². The number of benzene rings is 2. The van der Waals surface area contributed by atoms with Gasteiger partial charge in [-0.15, -0.1) is 0 Å². The summed E-state index contributed by atoms with van der Waals surface area (Å²) in [7, 11) is 0. The number of nitrogens with zero attached hydrogens (tertiary/aromatic N) is 1. The lowest BCUT2D eigenvalue weighted by atomic mass is 10.0. The van der Waals surface area contributed by atoms with Crippen molar-refractivity contribution < 1.29 is 33.4 Å². The number of hydrogen-bond acceptors (Lipinski definition) is 7. The molecule has 4 amide bonds. The van der Waals surface area contributed by atoms with Gasteiger partial charge < -0.3 is 9.47 Å². The Morgan fingerprint density at radius 3 is 2.52 bits per heavy atom. The zero-order valence-electron chi connectivity index (χ0n) is 16.3. The number of imide groups is 2. The van der Waals surface area contributed by atoms with Crippen molar-refractivity contribution >= 4 is 29.6 Å². The monoisotopic (exact) mass is 422 g/mol. The van der Waals surface area contributed by atoms with E-state index >= 15 is 0 Å². The first-order valence-electron chi connectivity index (χ1n) is 9.62. The molecule has 0 radical (unpaired) electrons. The highest BCUT2D eigenvalue weighted by Gasteiger charge is 2.46. The van der Waals surface area contributed by atoms with Crippen molar-refractivity contribution in [3.8, 4) is 5.75 Å². The van der Waals surface area contributed by atoms with Crippen LogP contribution in [0.15, 0.2) is 48.5 Å². The predicted octanol–water partition coefficient (Wildman–Crippen LogP) is 1.21. The Kier molecular flexibility index (Phi) is 5.48. The van der Waals surface area contributed by atoms with Crippen molar-refractivity contribution in [2.45, 2.75) is 25.5 Å². The maximum atomic E-state index is 13.0. The van der Waals surface area contributed by atoms with E-state index in [0.717, 1.165) is 10.5 Å². The molecule has 31 heavy (non-hydrogen) atoms. The molecule has 2 aliphatic heterocycles. The smallest absolute Gasteiger partial charge is 0.344 e. The first-order valence-corrected chi connectivity index (χ1v) is 9.62. The Balaban J connectivity index is 1.45. The lowest BCUT2D eigenvalue weighted by Gasteiger charge is -2.27. The average Bonchev–Trinajstić information content (AvgIpc) is 3.02. The van der Waals surface area contributed by atoms with Gasteiger partial charge in [0.2, 0.25) is 11.8 Å². The van der Waals surface area contributed by atoms with E-state index in [1.165, 1.54) is 18.2 Å². The van der Waals surface area contributed by atoms with Crippen molar-refractivity contribution in [2.75, 3.05) is 6.61 Å². The summed E-state index contributed by atoms with van der Waals surface area (Å²) in [5, 5.41) is 2.14. The molecule has 2 aliphatic rings. The SMILES string of the molecule is O=C1CCC(N2C(=O)c3cccc(OCC(=O)OCc4ccccc4)c3C2=O)C(=O)N1. The molecule has 0 spiro atoms. The zero-order valence-corrected chi connectivity index (χ0v) is 16.3. The Hall–Kier alpha value is -4.01. The highest BCUT2D eigenvalue weighted by Crippen LogP contribution is 2.33. The Bertz CT molecular complexity index is 1080. The molecule has 9 heteroatoms. The zero-order chi connectivity index (χ0) is 22.0. The molecule has 1 fully saturated rings. The molecule has 0 aliphatic carbocycles. The lowest BCUT2D eigenvalue weighted by Crippen LogP contribution is -2.54. The summed E-state index contributed by atoms with van der Waals surface area (Å²) < 4.78 is 10.6. The van der Waals surface area contributed by atoms with Crippen LogP contribution >= 0.6 is 0 Å². The van der Waals surface area contributed by atoms with E-state index in [1.807, 2.05) is 30.3 Å². The summed E-state index contributed by atoms with van der Waals surface area (Å²) in [6.45, 7) is -0.375. The number of amides is 4. The van der Waals surface area contributed by atoms with E-state index in [9.17, 15) is 24.0 Å². The molecule has 2 aromatic rings. The van der Waals surface area contributed by atoms with Gasteiger partial charge in [0.1, 0.15) is 18.4 Å². The van der Waals surface area contributed by atoms with Gasteiger partial charge in [0.15, 0.2) is 6.61 Å². The quantitative estimate of drug-likeness (QED) is 0.549. The van der Waals surface area contributed by atoms with E-state index in [-0.39, 0.29) is 36.3 Å². The molecule has 2 heterocycles. The molecular formula is C22H18N2O7. The molecule has 1 N–H and O–H groups in total. The van der Waals surface area contributed by atoms with Gasteiger partial charge in [-0.3, -0.25) is 29.4 Å². The van der Waals surface area contributed by atoms with Crippen LogP contribution in [-0.2, 0) is 25.7 Å². The van der Waals surface area contributed by atoms with Crippen LogP contribution in [0.5, 0.6) is 5.75 Å². The lowest BCUT2D eigenvalue weighted by molar-refractivity contribution is -0.147. The minimum Gasteiger partial charge on any atom is -0.481 e. The normalized spacial score (nSPS) is 17.9. The Morgan fingerprint density at radius 1 is 1.00 bits per heavy atom. The molecule has 1 unspecified atom stereocenters. The molecule has 0 saturated carbocycles. The van der Waals surface area contributed by atoms with Crippen LogP contribution in [0.4, 0.5) is 0 Å². The molecule has 0 aromatic heterocycles. The molecular weight excluding hydrogens is 404 g/mol. The third-order valence-corrected chi connectivity index (χ3v) is 5.02. The van der Waals surface area contributed by atoms with Gasteiger partial charge in [0, 0.05) is 6.42 Å². The first-order chi connectivity index (χ1) is 15.0. The number of fused-ring (bicyclic) bond motifs is 1. The van der Waals surface area contributed by atoms with Crippen molar-refractivity contribution in [3.05, 3.63) is 65.2 Å². The number of ether oxygens (including phenoxy) is 2. The van der Waals surface area contributed by atoms with E-state index in [1.54, 1.807) is 0 Å². The maximum Gasteiger partial charge on any atom is 0.344 e. The fourth-order valence-corrected chi connectivity index (χ4v) is 3.52. The van der Waals surface area contributed by atoms with Crippen LogP contribution in [0.2, 0.25) is 0 Å². The molecule has 1 saturated heterocycles. The molecule has 4 rings (SSSR count). The van der Waals surface area contributed by atoms with Crippen LogP contribution in [0.3, 0.4) is 0 Å². The van der Waals surface area contributed by atoms with Crippen LogP contribution < -0.4 is 10.1 Å². The van der Waals surface area contributed by atoms with Crippen molar-refractivity contribution in [3.63, 3.8) is 0 Å². The van der Waals surface area contributed by atoms with Crippen LogP contribution in [0.1, 0.15) is 39.1 Å². The molecule has 1 atom stereocenters. The first kappa shape index (κ1) is 20.3. The van der Waals surface area contributed by atoms with E-state index in [2.05, 4.69) is 5.32 Å². The summed E-state index contributed by atoms with van der Waals surface area (Å²) in [5.41, 5.74) is 0.870. The topological polar surface area (TPSA) is 119 Å². The third kappa shape index (κ3) is 4.02. The van der Waals surface area contributed by atoms with Gasteiger partial charge in [-0.1, -0.05) is 36.4 Å². The molecule has 2 aromatic carbocycles. The molecule has 9 nitrogen and oxygen atoms in total. The molecule has 158 valence electrons. The average molecular weight is 422 g/mol. The summed E-state index contributed by atoms with van der Waals surface area (Å²) >= 11 is 0. The van der Waals surface area contributed by atoms with Gasteiger partial charge in [0.25, 0.3) is 11.8 Å². The highest BCUT2D eigenvalue weighted by molar-refractivity contribution is 6.24. The second kappa shape index (κ2) is 8.39. The largest absolute Gasteiger partial charge is 0.481 e. The number of rotatable bonds is 6. The Labute approximate surface area is 176 Å². The number of esters is 1. The minimum absolute atomic E-state index is 0.0203. The number of hydrogen-bond donors (Lipinski definition) is 1. The van der Waals surface area contributed by atoms with Gasteiger partial charge in [-0.25, -0.2) is 4.79 Å². The highest BCUT2D eigenvalue weighted by atomic mass is 16.6. The van der Waals surface area contributed by atoms with E-state index < -0.39 is 42.2 Å². The predicted molar refractivity (Wildman–Crippen MR) is 105 cm³/mol. The van der Waals surface area contributed by atoms with Crippen LogP contribution in [0, 0.1) is 0 Å². The standard InChI is InChI=1S/C22H18N2O7/c25-17-10-9-15(20(27)23-17)24-21(28)14-7-4-8-16(19(14)22(24)29)30-12-18(26)31-11-13-5-2-1-3-6-13/h1-8,15H,9-12H2,(H,23,25,27). The second-order valence-corrected chi connectivity index (χ2v) is 7.06. The third-order valence-electron chi connectivity index (χ3n) is 5.02. The number of nitrogens with one attached hydrogen (secondary N) is 1. The number of carbonyl (C=O) groups excluding carboxylic acids is 5. The number of piperidine rings is 1. The van der Waals surface area contributed by atoms with Gasteiger partial charge in [-0.2, -0.15) is 0 Å². The summed E-state index contributed by atoms with van der Waals surface area (Å²) in [4.78, 5) is 62.1. The second-order valence-electron chi connectivity index (χ2n) is 7.06. The summed E-state index contributed by atoms with van der Waals surface area (Å²) in [6, 6.07) is 12.5. The van der Waals surface area contributed by atoms with Gasteiger partial charge >= 0.3 is 5.97 Å². The fraction of sp³-hybridized carbons (Fsp3) is 0.227. The van der Waals surface area contributed by atoms with Crippen molar-refractivity contribution in [2.24, 2.45) is 0 Å². The number of carbonyl (C=O) groups is 5.